The number of hydrogen-bond donors (Lipinski definition) is 1. The zero-order valence-corrected chi connectivity index (χ0v) is 16.7. The molecule has 0 radical (unpaired) electrons. The second-order valence-electron chi connectivity index (χ2n) is 6.95. The van der Waals surface area contributed by atoms with Crippen molar-refractivity contribution in [1.82, 2.24) is 15.2 Å². The number of nitrogens with one attached hydrogen (secondary N) is 1. The van der Waals surface area contributed by atoms with Crippen LogP contribution in [0.25, 0.3) is 10.6 Å². The highest BCUT2D eigenvalue weighted by Crippen LogP contribution is 2.26. The van der Waals surface area contributed by atoms with Crippen LogP contribution in [0.4, 0.5) is 0 Å². The van der Waals surface area contributed by atoms with Crippen molar-refractivity contribution in [2.75, 3.05) is 13.1 Å². The van der Waals surface area contributed by atoms with E-state index in [2.05, 4.69) is 60.6 Å². The first-order valence-electron chi connectivity index (χ1n) is 8.95. The van der Waals surface area contributed by atoms with Gasteiger partial charge >= 0.3 is 0 Å². The molecule has 1 aromatic heterocycles. The van der Waals surface area contributed by atoms with Crippen LogP contribution in [0.15, 0.2) is 29.6 Å². The summed E-state index contributed by atoms with van der Waals surface area (Å²) in [5.41, 5.74) is 3.52. The summed E-state index contributed by atoms with van der Waals surface area (Å²) in [5.74, 6) is 0.604. The number of rotatable bonds is 8. The largest absolute Gasteiger partial charge is 0.353 e. The number of nitrogens with zero attached hydrogens (tertiary/aromatic N) is 2. The first-order valence-corrected chi connectivity index (χ1v) is 9.83. The fourth-order valence-electron chi connectivity index (χ4n) is 2.60. The van der Waals surface area contributed by atoms with Gasteiger partial charge in [0.25, 0.3) is 0 Å². The predicted octanol–water partition coefficient (Wildman–Crippen LogP) is 4.28. The molecule has 1 amide bonds. The topological polar surface area (TPSA) is 45.2 Å². The number of benzene rings is 1. The molecule has 0 aliphatic carbocycles. The van der Waals surface area contributed by atoms with Crippen LogP contribution in [0.2, 0.25) is 0 Å². The van der Waals surface area contributed by atoms with Gasteiger partial charge in [-0.05, 0) is 31.9 Å². The van der Waals surface area contributed by atoms with Gasteiger partial charge in [0.05, 0.1) is 12.2 Å². The number of carbonyl (C=O) groups is 1. The van der Waals surface area contributed by atoms with Crippen LogP contribution in [0.3, 0.4) is 0 Å². The minimum atomic E-state index is 0.0663. The van der Waals surface area contributed by atoms with Gasteiger partial charge in [-0.25, -0.2) is 4.98 Å². The zero-order chi connectivity index (χ0) is 18.4. The maximum Gasteiger partial charge on any atom is 0.234 e. The van der Waals surface area contributed by atoms with Gasteiger partial charge in [0, 0.05) is 23.5 Å². The average molecular weight is 360 g/mol. The Morgan fingerprint density at radius 3 is 2.44 bits per heavy atom. The Morgan fingerprint density at radius 1 is 1.20 bits per heavy atom. The molecular formula is C20H29N3OS. The van der Waals surface area contributed by atoms with Crippen LogP contribution < -0.4 is 5.32 Å². The summed E-state index contributed by atoms with van der Waals surface area (Å²) in [4.78, 5) is 18.8. The van der Waals surface area contributed by atoms with E-state index in [0.29, 0.717) is 19.0 Å². The Kier molecular flexibility index (Phi) is 7.14. The van der Waals surface area contributed by atoms with Gasteiger partial charge in [-0.2, -0.15) is 0 Å². The summed E-state index contributed by atoms with van der Waals surface area (Å²) in [6.45, 7) is 12.3. The maximum absolute atomic E-state index is 12.0. The van der Waals surface area contributed by atoms with Crippen LogP contribution in [-0.2, 0) is 11.3 Å². The van der Waals surface area contributed by atoms with Crippen molar-refractivity contribution >= 4 is 17.2 Å². The highest BCUT2D eigenvalue weighted by molar-refractivity contribution is 7.13. The monoisotopic (exact) mass is 359 g/mol. The van der Waals surface area contributed by atoms with E-state index in [1.807, 2.05) is 13.8 Å². The van der Waals surface area contributed by atoms with Gasteiger partial charge in [-0.15, -0.1) is 11.3 Å². The summed E-state index contributed by atoms with van der Waals surface area (Å²) in [6, 6.07) is 8.81. The van der Waals surface area contributed by atoms with Crippen LogP contribution >= 0.6 is 11.3 Å². The third-order valence-corrected chi connectivity index (χ3v) is 4.97. The molecule has 0 aliphatic rings. The summed E-state index contributed by atoms with van der Waals surface area (Å²) >= 11 is 1.66. The van der Waals surface area contributed by atoms with Crippen LogP contribution in [0.5, 0.6) is 0 Å². The van der Waals surface area contributed by atoms with Crippen LogP contribution in [-0.4, -0.2) is 34.9 Å². The molecule has 2 aromatic rings. The Labute approximate surface area is 155 Å². The molecule has 1 aromatic carbocycles. The molecule has 0 saturated carbocycles. The highest BCUT2D eigenvalue weighted by Gasteiger charge is 2.13. The molecule has 5 heteroatoms. The lowest BCUT2D eigenvalue weighted by Crippen LogP contribution is -2.39. The summed E-state index contributed by atoms with van der Waals surface area (Å²) in [7, 11) is 0. The molecule has 0 saturated heterocycles. The lowest BCUT2D eigenvalue weighted by Gasteiger charge is -2.19. The van der Waals surface area contributed by atoms with Crippen molar-refractivity contribution in [3.05, 3.63) is 40.9 Å². The van der Waals surface area contributed by atoms with E-state index in [-0.39, 0.29) is 11.9 Å². The van der Waals surface area contributed by atoms with E-state index in [9.17, 15) is 4.79 Å². The summed E-state index contributed by atoms with van der Waals surface area (Å²) in [6.07, 6.45) is 0. The van der Waals surface area contributed by atoms with E-state index in [1.165, 1.54) is 5.56 Å². The Balaban J connectivity index is 2.01. The van der Waals surface area contributed by atoms with Crippen molar-refractivity contribution in [2.45, 2.75) is 53.1 Å². The molecule has 0 atom stereocenters. The molecule has 1 N–H and O–H groups in total. The molecule has 0 bridgehead atoms. The second-order valence-corrected chi connectivity index (χ2v) is 7.80. The summed E-state index contributed by atoms with van der Waals surface area (Å²) < 4.78 is 0. The number of hydrogen-bond acceptors (Lipinski definition) is 4. The Morgan fingerprint density at radius 2 is 1.88 bits per heavy atom. The second kappa shape index (κ2) is 9.11. The molecular weight excluding hydrogens is 330 g/mol. The van der Waals surface area contributed by atoms with Crippen LogP contribution in [0, 0.1) is 0 Å². The molecule has 0 spiro atoms. The van der Waals surface area contributed by atoms with Crippen molar-refractivity contribution in [1.29, 1.82) is 0 Å². The SMILES string of the molecule is CCN(CC(=O)NC(C)C)Cc1csc(-c2ccc(C(C)C)cc2)n1. The predicted molar refractivity (Wildman–Crippen MR) is 106 cm³/mol. The molecule has 0 fully saturated rings. The maximum atomic E-state index is 12.0. The Hall–Kier alpha value is -1.72. The third-order valence-electron chi connectivity index (χ3n) is 4.03. The average Bonchev–Trinajstić information content (AvgIpc) is 3.02. The first kappa shape index (κ1) is 19.6. The van der Waals surface area contributed by atoms with Crippen molar-refractivity contribution < 1.29 is 4.79 Å². The van der Waals surface area contributed by atoms with Gasteiger partial charge in [-0.1, -0.05) is 45.0 Å². The van der Waals surface area contributed by atoms with Crippen molar-refractivity contribution in [2.24, 2.45) is 0 Å². The van der Waals surface area contributed by atoms with Crippen molar-refractivity contribution in [3.63, 3.8) is 0 Å². The number of aromatic nitrogens is 1. The Bertz CT molecular complexity index is 677. The van der Waals surface area contributed by atoms with Gasteiger partial charge in [0.1, 0.15) is 5.01 Å². The van der Waals surface area contributed by atoms with Crippen molar-refractivity contribution in [3.8, 4) is 10.6 Å². The van der Waals surface area contributed by atoms with E-state index >= 15 is 0 Å². The molecule has 0 aliphatic heterocycles. The van der Waals surface area contributed by atoms with E-state index in [0.717, 1.165) is 22.8 Å². The zero-order valence-electron chi connectivity index (χ0n) is 15.9. The summed E-state index contributed by atoms with van der Waals surface area (Å²) in [5, 5.41) is 6.07. The highest BCUT2D eigenvalue weighted by atomic mass is 32.1. The van der Waals surface area contributed by atoms with Gasteiger partial charge in [0.2, 0.25) is 5.91 Å². The van der Waals surface area contributed by atoms with E-state index < -0.39 is 0 Å². The quantitative estimate of drug-likeness (QED) is 0.765. The lowest BCUT2D eigenvalue weighted by atomic mass is 10.0. The number of amides is 1. The van der Waals surface area contributed by atoms with E-state index in [1.54, 1.807) is 11.3 Å². The standard InChI is InChI=1S/C20H29N3OS/c1-6-23(12-19(24)21-15(4)5)11-18-13-25-20(22-18)17-9-7-16(8-10-17)14(2)3/h7-10,13-15H,6,11-12H2,1-5H3,(H,21,24). The van der Waals surface area contributed by atoms with Gasteiger partial charge in [0.15, 0.2) is 0 Å². The third kappa shape index (κ3) is 5.94. The van der Waals surface area contributed by atoms with E-state index in [4.69, 9.17) is 4.98 Å². The molecule has 2 rings (SSSR count). The number of thiazole rings is 1. The molecule has 0 unspecified atom stereocenters. The van der Waals surface area contributed by atoms with Gasteiger partial charge < -0.3 is 5.32 Å². The molecule has 25 heavy (non-hydrogen) atoms. The number of carbonyl (C=O) groups excluding carboxylic acids is 1. The fourth-order valence-corrected chi connectivity index (χ4v) is 3.42. The molecule has 136 valence electrons. The fraction of sp³-hybridized carbons (Fsp3) is 0.500. The normalized spacial score (nSPS) is 11.5. The minimum absolute atomic E-state index is 0.0663. The minimum Gasteiger partial charge on any atom is -0.353 e. The molecule has 1 heterocycles. The molecule has 4 nitrogen and oxygen atoms in total. The van der Waals surface area contributed by atoms with Crippen LogP contribution in [0.1, 0.15) is 51.8 Å². The number of likely N-dealkylation sites (N-methyl/N-ethyl adjacent to an activating group) is 1. The lowest BCUT2D eigenvalue weighted by molar-refractivity contribution is -0.122. The van der Waals surface area contributed by atoms with Gasteiger partial charge in [-0.3, -0.25) is 9.69 Å². The smallest absolute Gasteiger partial charge is 0.234 e. The first-order chi connectivity index (χ1) is 11.9.